The Labute approximate surface area is 110 Å². The molecule has 0 fully saturated rings. The van der Waals surface area contributed by atoms with Gasteiger partial charge in [0.05, 0.1) is 11.0 Å². The first-order valence-electron chi connectivity index (χ1n) is 6.34. The fraction of sp³-hybridized carbons (Fsp3) is 0. The molecule has 0 amide bonds. The number of imidazole rings is 1. The second-order valence-electron chi connectivity index (χ2n) is 4.62. The van der Waals surface area contributed by atoms with Crippen molar-refractivity contribution in [2.45, 2.75) is 0 Å². The van der Waals surface area contributed by atoms with Crippen LogP contribution in [0, 0.1) is 0 Å². The predicted molar refractivity (Wildman–Crippen MR) is 77.9 cm³/mol. The Balaban J connectivity index is 2.03. The summed E-state index contributed by atoms with van der Waals surface area (Å²) >= 11 is 0. The average Bonchev–Trinajstić information content (AvgIpc) is 3.00. The van der Waals surface area contributed by atoms with Crippen molar-refractivity contribution in [1.82, 2.24) is 9.38 Å². The van der Waals surface area contributed by atoms with Crippen LogP contribution in [0.4, 0.5) is 0 Å². The highest BCUT2D eigenvalue weighted by Gasteiger charge is 2.04. The number of nitrogens with zero attached hydrogens (tertiary/aromatic N) is 2. The number of aromatic nitrogens is 2. The van der Waals surface area contributed by atoms with Crippen molar-refractivity contribution in [3.8, 4) is 0 Å². The summed E-state index contributed by atoms with van der Waals surface area (Å²) in [6.45, 7) is 0. The van der Waals surface area contributed by atoms with Gasteiger partial charge in [0.2, 0.25) is 0 Å². The van der Waals surface area contributed by atoms with Crippen molar-refractivity contribution < 1.29 is 0 Å². The van der Waals surface area contributed by atoms with Gasteiger partial charge in [0.25, 0.3) is 0 Å². The Morgan fingerprint density at radius 3 is 2.53 bits per heavy atom. The highest BCUT2D eigenvalue weighted by atomic mass is 15.0. The van der Waals surface area contributed by atoms with Gasteiger partial charge in [0.15, 0.2) is 0 Å². The molecule has 4 rings (SSSR count). The Bertz CT molecular complexity index is 904. The lowest BCUT2D eigenvalue weighted by molar-refractivity contribution is 1.27. The second-order valence-corrected chi connectivity index (χ2v) is 4.62. The average molecular weight is 244 g/mol. The summed E-state index contributed by atoms with van der Waals surface area (Å²) in [5.41, 5.74) is 4.42. The van der Waals surface area contributed by atoms with Crippen molar-refractivity contribution in [2.75, 3.05) is 0 Å². The van der Waals surface area contributed by atoms with E-state index in [0.717, 1.165) is 21.9 Å². The van der Waals surface area contributed by atoms with Gasteiger partial charge in [-0.2, -0.15) is 0 Å². The summed E-state index contributed by atoms with van der Waals surface area (Å²) in [6, 6.07) is 20.7. The van der Waals surface area contributed by atoms with E-state index < -0.39 is 0 Å². The summed E-state index contributed by atoms with van der Waals surface area (Å²) < 4.78 is 2.14. The van der Waals surface area contributed by atoms with E-state index in [-0.39, 0.29) is 0 Å². The first kappa shape index (κ1) is 10.3. The number of benzene rings is 2. The molecular formula is C17H12N2. The lowest BCUT2D eigenvalue weighted by atomic mass is 10.2. The molecule has 0 aliphatic heterocycles. The van der Waals surface area contributed by atoms with Crippen molar-refractivity contribution >= 4 is 22.8 Å². The molecule has 0 saturated carbocycles. The van der Waals surface area contributed by atoms with Crippen LogP contribution < -0.4 is 5.22 Å². The van der Waals surface area contributed by atoms with E-state index in [9.17, 15) is 0 Å². The number of hydrogen-bond donors (Lipinski definition) is 0. The van der Waals surface area contributed by atoms with Crippen LogP contribution in [0.5, 0.6) is 0 Å². The van der Waals surface area contributed by atoms with Crippen LogP contribution in [-0.2, 0) is 0 Å². The minimum absolute atomic E-state index is 1.02. The van der Waals surface area contributed by atoms with Gasteiger partial charge >= 0.3 is 0 Å². The molecule has 0 saturated heterocycles. The lowest BCUT2D eigenvalue weighted by Gasteiger charge is -1.89. The predicted octanol–water partition coefficient (Wildman–Crippen LogP) is 3.04. The molecule has 2 heteroatoms. The standard InChI is InChI=1S/C17H12N2/c1-2-6-13(7-3-1)12-14-10-11-19-16-9-5-4-8-15(16)18-17(14)19/h1-12H/b14-12-. The molecule has 0 bridgehead atoms. The molecule has 0 aliphatic rings. The molecule has 0 aliphatic carbocycles. The Kier molecular flexibility index (Phi) is 2.15. The minimum Gasteiger partial charge on any atom is -0.299 e. The molecule has 0 atom stereocenters. The summed E-state index contributed by atoms with van der Waals surface area (Å²) in [6.07, 6.45) is 4.25. The number of hydrogen-bond acceptors (Lipinski definition) is 1. The van der Waals surface area contributed by atoms with Gasteiger partial charge < -0.3 is 0 Å². The smallest absolute Gasteiger partial charge is 0.145 e. The normalized spacial score (nSPS) is 12.5. The molecule has 90 valence electrons. The van der Waals surface area contributed by atoms with Crippen LogP contribution in [0.1, 0.15) is 5.56 Å². The fourth-order valence-electron chi connectivity index (χ4n) is 2.47. The maximum absolute atomic E-state index is 4.70. The van der Waals surface area contributed by atoms with E-state index in [1.165, 1.54) is 5.56 Å². The first-order valence-corrected chi connectivity index (χ1v) is 6.34. The lowest BCUT2D eigenvalue weighted by Crippen LogP contribution is -1.97. The van der Waals surface area contributed by atoms with Crippen LogP contribution in [0.3, 0.4) is 0 Å². The number of fused-ring (bicyclic) bond motifs is 3. The second kappa shape index (κ2) is 3.95. The summed E-state index contributed by atoms with van der Waals surface area (Å²) in [5, 5.41) is 1.16. The molecule has 4 aromatic rings. The van der Waals surface area contributed by atoms with Crippen LogP contribution >= 0.6 is 0 Å². The highest BCUT2D eigenvalue weighted by molar-refractivity contribution is 5.81. The van der Waals surface area contributed by atoms with Crippen molar-refractivity contribution in [1.29, 1.82) is 0 Å². The third-order valence-corrected chi connectivity index (χ3v) is 3.38. The van der Waals surface area contributed by atoms with Gasteiger partial charge in [-0.3, -0.25) is 4.40 Å². The molecule has 0 N–H and O–H groups in total. The highest BCUT2D eigenvalue weighted by Crippen LogP contribution is 2.14. The number of para-hydroxylation sites is 2. The van der Waals surface area contributed by atoms with Crippen LogP contribution in [0.15, 0.2) is 66.9 Å². The van der Waals surface area contributed by atoms with Gasteiger partial charge in [0.1, 0.15) is 5.65 Å². The van der Waals surface area contributed by atoms with Crippen LogP contribution in [0.2, 0.25) is 0 Å². The topological polar surface area (TPSA) is 17.3 Å². The molecule has 0 radical (unpaired) electrons. The molecule has 2 aromatic carbocycles. The summed E-state index contributed by atoms with van der Waals surface area (Å²) in [4.78, 5) is 4.70. The van der Waals surface area contributed by atoms with Crippen molar-refractivity contribution in [2.24, 2.45) is 0 Å². The minimum atomic E-state index is 1.02. The van der Waals surface area contributed by atoms with Gasteiger partial charge in [-0.25, -0.2) is 4.98 Å². The molecule has 19 heavy (non-hydrogen) atoms. The Hall–Kier alpha value is -2.61. The van der Waals surface area contributed by atoms with E-state index in [1.807, 2.05) is 30.3 Å². The summed E-state index contributed by atoms with van der Waals surface area (Å²) in [5.74, 6) is 0. The van der Waals surface area contributed by atoms with E-state index in [4.69, 9.17) is 4.98 Å². The van der Waals surface area contributed by atoms with E-state index >= 15 is 0 Å². The van der Waals surface area contributed by atoms with Gasteiger partial charge in [-0.1, -0.05) is 42.5 Å². The molecule has 2 aromatic heterocycles. The monoisotopic (exact) mass is 244 g/mol. The van der Waals surface area contributed by atoms with Gasteiger partial charge in [-0.15, -0.1) is 0 Å². The third-order valence-electron chi connectivity index (χ3n) is 3.38. The Morgan fingerprint density at radius 1 is 0.842 bits per heavy atom. The maximum Gasteiger partial charge on any atom is 0.145 e. The van der Waals surface area contributed by atoms with Crippen LogP contribution in [0.25, 0.3) is 22.8 Å². The molecule has 2 nitrogen and oxygen atoms in total. The van der Waals surface area contributed by atoms with Gasteiger partial charge in [-0.05, 0) is 29.8 Å². The maximum atomic E-state index is 4.70. The zero-order chi connectivity index (χ0) is 12.7. The molecule has 0 spiro atoms. The van der Waals surface area contributed by atoms with Crippen molar-refractivity contribution in [3.63, 3.8) is 0 Å². The first-order chi connectivity index (χ1) is 9.42. The number of rotatable bonds is 1. The third kappa shape index (κ3) is 1.61. The van der Waals surface area contributed by atoms with Crippen molar-refractivity contribution in [3.05, 3.63) is 77.6 Å². The molecule has 0 unspecified atom stereocenters. The molecule has 2 heterocycles. The summed E-state index contributed by atoms with van der Waals surface area (Å²) in [7, 11) is 0. The van der Waals surface area contributed by atoms with Gasteiger partial charge in [0, 0.05) is 11.4 Å². The quantitative estimate of drug-likeness (QED) is 0.503. The SMILES string of the molecule is C(/c1ccccc1)=c1\ccn2c1nc1ccccc12. The molecular weight excluding hydrogens is 232 g/mol. The largest absolute Gasteiger partial charge is 0.299 e. The zero-order valence-electron chi connectivity index (χ0n) is 10.3. The Morgan fingerprint density at radius 2 is 1.63 bits per heavy atom. The van der Waals surface area contributed by atoms with E-state index in [0.29, 0.717) is 0 Å². The zero-order valence-corrected chi connectivity index (χ0v) is 10.3. The van der Waals surface area contributed by atoms with Crippen LogP contribution in [-0.4, -0.2) is 9.38 Å². The fourth-order valence-corrected chi connectivity index (χ4v) is 2.47. The van der Waals surface area contributed by atoms with E-state index in [2.05, 4.69) is 47.0 Å². The van der Waals surface area contributed by atoms with E-state index in [1.54, 1.807) is 0 Å².